The molecule has 1 aromatic rings. The summed E-state index contributed by atoms with van der Waals surface area (Å²) in [7, 11) is 0. The minimum absolute atomic E-state index is 0. The van der Waals surface area contributed by atoms with Gasteiger partial charge in [-0.25, -0.2) is 0 Å². The summed E-state index contributed by atoms with van der Waals surface area (Å²) in [6.07, 6.45) is 0. The van der Waals surface area contributed by atoms with Gasteiger partial charge in [0.25, 0.3) is 0 Å². The lowest BCUT2D eigenvalue weighted by molar-refractivity contribution is 0.824. The van der Waals surface area contributed by atoms with Crippen molar-refractivity contribution in [1.82, 2.24) is 0 Å². The van der Waals surface area contributed by atoms with E-state index in [1.165, 1.54) is 11.1 Å². The predicted octanol–water partition coefficient (Wildman–Crippen LogP) is 2.75. The van der Waals surface area contributed by atoms with E-state index < -0.39 is 0 Å². The van der Waals surface area contributed by atoms with E-state index >= 15 is 0 Å². The van der Waals surface area contributed by atoms with Crippen molar-refractivity contribution < 1.29 is 6.90 Å². The smallest absolute Gasteiger partial charge is 0 e. The van der Waals surface area contributed by atoms with E-state index in [4.69, 9.17) is 0 Å². The maximum atomic E-state index is 2.12. The molecule has 0 aliphatic heterocycles. The molecule has 1 heteroatoms. The fourth-order valence-corrected chi connectivity index (χ4v) is 0.637. The molecule has 0 fully saturated rings. The molecule has 0 saturated carbocycles. The van der Waals surface area contributed by atoms with Crippen LogP contribution in [-0.2, 0) is 0 Å². The molecule has 0 heterocycles. The SMILES string of the molecule is CC.Cc1ccc(C)cc1.O.[HH]. The molecule has 66 valence electrons. The first-order chi connectivity index (χ1) is 4.79. The van der Waals surface area contributed by atoms with Gasteiger partial charge >= 0.3 is 0 Å². The van der Waals surface area contributed by atoms with Crippen LogP contribution in [0.1, 0.15) is 26.4 Å². The van der Waals surface area contributed by atoms with Gasteiger partial charge in [0.1, 0.15) is 0 Å². The first-order valence-corrected chi connectivity index (χ1v) is 3.82. The number of benzene rings is 1. The maximum absolute atomic E-state index is 2.12. The third-order valence-corrected chi connectivity index (χ3v) is 1.22. The highest BCUT2D eigenvalue weighted by Crippen LogP contribution is 1.99. The Balaban J connectivity index is -0.000000189. The van der Waals surface area contributed by atoms with Crippen LogP contribution in [0.15, 0.2) is 24.3 Å². The highest BCUT2D eigenvalue weighted by atomic mass is 16.0. The number of aryl methyl sites for hydroxylation is 2. The summed E-state index contributed by atoms with van der Waals surface area (Å²) in [6.45, 7) is 8.19. The number of rotatable bonds is 0. The van der Waals surface area contributed by atoms with Crippen LogP contribution in [0.4, 0.5) is 0 Å². The minimum atomic E-state index is 0. The molecule has 2 N–H and O–H groups in total. The average Bonchev–Trinajstić information content (AvgIpc) is 2.00. The van der Waals surface area contributed by atoms with Crippen molar-refractivity contribution in [3.05, 3.63) is 35.4 Å². The first-order valence-electron chi connectivity index (χ1n) is 3.82. The molecule has 0 radical (unpaired) electrons. The summed E-state index contributed by atoms with van der Waals surface area (Å²) in [4.78, 5) is 0. The Morgan fingerprint density at radius 1 is 0.818 bits per heavy atom. The third kappa shape index (κ3) is 5.62. The molecular weight excluding hydrogens is 136 g/mol. The van der Waals surface area contributed by atoms with Gasteiger partial charge in [0.2, 0.25) is 0 Å². The van der Waals surface area contributed by atoms with E-state index in [1.54, 1.807) is 0 Å². The number of hydrogen-bond donors (Lipinski definition) is 0. The standard InChI is InChI=1S/C8H10.C2H6.H2O.H2/c1-7-3-5-8(2)6-4-7;1-2;;/h3-6H,1-2H3;1-2H3;1H2;1H. The molecular formula is C10H20O. The van der Waals surface area contributed by atoms with Crippen LogP contribution in [0.2, 0.25) is 0 Å². The van der Waals surface area contributed by atoms with Crippen LogP contribution >= 0.6 is 0 Å². The maximum Gasteiger partial charge on any atom is 0 e. The van der Waals surface area contributed by atoms with E-state index in [1.807, 2.05) is 13.8 Å². The molecule has 0 unspecified atom stereocenters. The number of hydrogen-bond acceptors (Lipinski definition) is 0. The molecule has 0 amide bonds. The molecule has 0 aliphatic rings. The van der Waals surface area contributed by atoms with Crippen molar-refractivity contribution >= 4 is 0 Å². The third-order valence-electron chi connectivity index (χ3n) is 1.22. The highest BCUT2D eigenvalue weighted by molar-refractivity contribution is 5.19. The molecule has 1 aromatic carbocycles. The van der Waals surface area contributed by atoms with Gasteiger partial charge in [-0.2, -0.15) is 0 Å². The second-order valence-corrected chi connectivity index (χ2v) is 2.15. The van der Waals surface area contributed by atoms with E-state index in [9.17, 15) is 0 Å². The van der Waals surface area contributed by atoms with E-state index in [-0.39, 0.29) is 6.90 Å². The van der Waals surface area contributed by atoms with Gasteiger partial charge in [-0.3, -0.25) is 0 Å². The molecule has 0 saturated heterocycles. The van der Waals surface area contributed by atoms with Gasteiger partial charge in [-0.05, 0) is 13.8 Å². The molecule has 1 nitrogen and oxygen atoms in total. The Labute approximate surface area is 70.9 Å². The first kappa shape index (κ1) is 12.8. The second kappa shape index (κ2) is 7.29. The van der Waals surface area contributed by atoms with Crippen molar-refractivity contribution in [2.45, 2.75) is 27.7 Å². The van der Waals surface area contributed by atoms with Crippen LogP contribution in [0.25, 0.3) is 0 Å². The molecule has 0 atom stereocenters. The summed E-state index contributed by atoms with van der Waals surface area (Å²) in [5, 5.41) is 0. The molecule has 0 aliphatic carbocycles. The second-order valence-electron chi connectivity index (χ2n) is 2.15. The Kier molecular flexibility index (Phi) is 8.50. The Bertz CT molecular complexity index is 149. The van der Waals surface area contributed by atoms with Crippen LogP contribution in [0.3, 0.4) is 0 Å². The Hall–Kier alpha value is -0.820. The summed E-state index contributed by atoms with van der Waals surface area (Å²) < 4.78 is 0. The van der Waals surface area contributed by atoms with E-state index in [0.717, 1.165) is 0 Å². The van der Waals surface area contributed by atoms with Crippen molar-refractivity contribution in [3.63, 3.8) is 0 Å². The molecule has 0 spiro atoms. The Morgan fingerprint density at radius 3 is 1.18 bits per heavy atom. The summed E-state index contributed by atoms with van der Waals surface area (Å²) in [5.74, 6) is 0. The topological polar surface area (TPSA) is 31.5 Å². The predicted molar refractivity (Wildman–Crippen MR) is 53.0 cm³/mol. The monoisotopic (exact) mass is 156 g/mol. The van der Waals surface area contributed by atoms with Gasteiger partial charge in [0, 0.05) is 1.43 Å². The van der Waals surface area contributed by atoms with Crippen molar-refractivity contribution in [2.24, 2.45) is 0 Å². The zero-order chi connectivity index (χ0) is 7.98. The zero-order valence-corrected chi connectivity index (χ0v) is 7.81. The average molecular weight is 156 g/mol. The van der Waals surface area contributed by atoms with Gasteiger partial charge in [-0.1, -0.05) is 49.2 Å². The van der Waals surface area contributed by atoms with Crippen molar-refractivity contribution in [2.75, 3.05) is 0 Å². The van der Waals surface area contributed by atoms with Gasteiger partial charge in [0.15, 0.2) is 0 Å². The van der Waals surface area contributed by atoms with Crippen molar-refractivity contribution in [1.29, 1.82) is 0 Å². The lowest BCUT2D eigenvalue weighted by Gasteiger charge is -1.90. The van der Waals surface area contributed by atoms with Crippen LogP contribution in [-0.4, -0.2) is 5.48 Å². The van der Waals surface area contributed by atoms with Gasteiger partial charge in [0.05, 0.1) is 0 Å². The molecule has 0 bridgehead atoms. The Morgan fingerprint density at radius 2 is 1.00 bits per heavy atom. The highest BCUT2D eigenvalue weighted by Gasteiger charge is 1.79. The van der Waals surface area contributed by atoms with Crippen LogP contribution in [0, 0.1) is 13.8 Å². The summed E-state index contributed by atoms with van der Waals surface area (Å²) in [6, 6.07) is 8.48. The lowest BCUT2D eigenvalue weighted by Crippen LogP contribution is -1.70. The summed E-state index contributed by atoms with van der Waals surface area (Å²) in [5.41, 5.74) is 2.66. The summed E-state index contributed by atoms with van der Waals surface area (Å²) >= 11 is 0. The lowest BCUT2D eigenvalue weighted by atomic mass is 10.2. The molecule has 11 heavy (non-hydrogen) atoms. The minimum Gasteiger partial charge on any atom is -0.412 e. The van der Waals surface area contributed by atoms with Crippen LogP contribution < -0.4 is 0 Å². The normalized spacial score (nSPS) is 7.27. The fraction of sp³-hybridized carbons (Fsp3) is 0.400. The van der Waals surface area contributed by atoms with Gasteiger partial charge < -0.3 is 5.48 Å². The van der Waals surface area contributed by atoms with E-state index in [0.29, 0.717) is 0 Å². The van der Waals surface area contributed by atoms with E-state index in [2.05, 4.69) is 38.1 Å². The fourth-order valence-electron chi connectivity index (χ4n) is 0.637. The largest absolute Gasteiger partial charge is 0.412 e. The molecule has 1 rings (SSSR count). The quantitative estimate of drug-likeness (QED) is 0.553. The molecule has 0 aromatic heterocycles. The van der Waals surface area contributed by atoms with Gasteiger partial charge in [-0.15, -0.1) is 0 Å². The van der Waals surface area contributed by atoms with Crippen molar-refractivity contribution in [3.8, 4) is 0 Å². The zero-order valence-electron chi connectivity index (χ0n) is 7.81. The van der Waals surface area contributed by atoms with Crippen LogP contribution in [0.5, 0.6) is 0 Å².